The van der Waals surface area contributed by atoms with E-state index in [9.17, 15) is 9.18 Å². The van der Waals surface area contributed by atoms with E-state index < -0.39 is 5.82 Å². The van der Waals surface area contributed by atoms with E-state index in [1.165, 1.54) is 28.4 Å². The Labute approximate surface area is 171 Å². The number of methoxy groups -OCH3 is 1. The molecule has 0 saturated heterocycles. The zero-order chi connectivity index (χ0) is 20.7. The first-order chi connectivity index (χ1) is 14.6. The molecule has 7 nitrogen and oxygen atoms in total. The number of carbonyl (C=O) groups excluding carboxylic acids is 1. The van der Waals surface area contributed by atoms with Gasteiger partial charge < -0.3 is 14.6 Å². The Morgan fingerprint density at radius 1 is 1.33 bits per heavy atom. The van der Waals surface area contributed by atoms with Gasteiger partial charge in [0.05, 0.1) is 12.2 Å². The third-order valence-corrected chi connectivity index (χ3v) is 5.37. The van der Waals surface area contributed by atoms with Gasteiger partial charge in [-0.3, -0.25) is 9.20 Å². The molecule has 3 aromatic heterocycles. The molecule has 0 bridgehead atoms. The zero-order valence-corrected chi connectivity index (χ0v) is 16.3. The average molecular weight is 406 g/mol. The summed E-state index contributed by atoms with van der Waals surface area (Å²) in [5.74, 6) is -0.0341. The lowest BCUT2D eigenvalue weighted by Gasteiger charge is -2.14. The highest BCUT2D eigenvalue weighted by molar-refractivity contribution is 5.93. The van der Waals surface area contributed by atoms with Crippen LogP contribution in [-0.2, 0) is 17.8 Å². The summed E-state index contributed by atoms with van der Waals surface area (Å²) in [7, 11) is 1.61. The lowest BCUT2D eigenvalue weighted by Crippen LogP contribution is -2.28. The van der Waals surface area contributed by atoms with E-state index in [2.05, 4.69) is 21.5 Å². The maximum absolute atomic E-state index is 13.6. The summed E-state index contributed by atoms with van der Waals surface area (Å²) in [5.41, 5.74) is 4.79. The Hall–Kier alpha value is -3.52. The van der Waals surface area contributed by atoms with Crippen molar-refractivity contribution in [3.63, 3.8) is 0 Å². The van der Waals surface area contributed by atoms with Gasteiger partial charge in [0.2, 0.25) is 0 Å². The van der Waals surface area contributed by atoms with Gasteiger partial charge in [0.25, 0.3) is 5.91 Å². The molecule has 3 heterocycles. The van der Waals surface area contributed by atoms with Crippen LogP contribution in [0.25, 0.3) is 16.9 Å². The number of aromatic nitrogens is 3. The number of imidazole rings is 1. The summed E-state index contributed by atoms with van der Waals surface area (Å²) >= 11 is 0. The maximum atomic E-state index is 13.6. The van der Waals surface area contributed by atoms with Gasteiger partial charge in [-0.1, -0.05) is 17.3 Å². The number of amides is 1. The standard InChI is InChI=1S/C22H19FN4O3/c1-29-12-16-9-19(26-30-16)14-2-5-17-13(8-14)3-6-18(17)25-22(28)20-10-24-21-7-4-15(23)11-27(20)21/h2,4-5,7-11,18H,3,6,12H2,1H3,(H,25,28)/t18-/m1/s1. The minimum absolute atomic E-state index is 0.109. The molecule has 1 aromatic carbocycles. The second-order valence-electron chi connectivity index (χ2n) is 7.31. The monoisotopic (exact) mass is 406 g/mol. The Balaban J connectivity index is 1.36. The summed E-state index contributed by atoms with van der Waals surface area (Å²) in [4.78, 5) is 17.0. The predicted octanol–water partition coefficient (Wildman–Crippen LogP) is 3.69. The van der Waals surface area contributed by atoms with Crippen molar-refractivity contribution in [3.05, 3.63) is 77.2 Å². The fraction of sp³-hybridized carbons (Fsp3) is 0.227. The number of carbonyl (C=O) groups is 1. The zero-order valence-electron chi connectivity index (χ0n) is 16.3. The molecule has 152 valence electrons. The van der Waals surface area contributed by atoms with Crippen molar-refractivity contribution >= 4 is 11.6 Å². The molecule has 1 N–H and O–H groups in total. The van der Waals surface area contributed by atoms with Crippen molar-refractivity contribution in [2.24, 2.45) is 0 Å². The van der Waals surface area contributed by atoms with Crippen molar-refractivity contribution in [1.29, 1.82) is 0 Å². The molecule has 1 amide bonds. The quantitative estimate of drug-likeness (QED) is 0.547. The lowest BCUT2D eigenvalue weighted by atomic mass is 10.0. The molecule has 4 aromatic rings. The average Bonchev–Trinajstić information content (AvgIpc) is 3.46. The third-order valence-electron chi connectivity index (χ3n) is 5.37. The number of nitrogens with one attached hydrogen (secondary N) is 1. The number of aryl methyl sites for hydroxylation is 1. The van der Waals surface area contributed by atoms with Crippen LogP contribution in [0.1, 0.15) is 39.8 Å². The molecular weight excluding hydrogens is 387 g/mol. The van der Waals surface area contributed by atoms with E-state index in [0.717, 1.165) is 29.7 Å². The van der Waals surface area contributed by atoms with E-state index >= 15 is 0 Å². The van der Waals surface area contributed by atoms with Crippen molar-refractivity contribution in [2.45, 2.75) is 25.5 Å². The van der Waals surface area contributed by atoms with Gasteiger partial charge >= 0.3 is 0 Å². The van der Waals surface area contributed by atoms with Crippen LogP contribution in [0.15, 0.2) is 53.3 Å². The van der Waals surface area contributed by atoms with Gasteiger partial charge in [0, 0.05) is 24.9 Å². The first-order valence-electron chi connectivity index (χ1n) is 9.63. The largest absolute Gasteiger partial charge is 0.377 e. The Kier molecular flexibility index (Phi) is 4.55. The maximum Gasteiger partial charge on any atom is 0.270 e. The molecule has 30 heavy (non-hydrogen) atoms. The SMILES string of the molecule is COCc1cc(-c2ccc3c(c2)CC[C@H]3NC(=O)c2cnc3ccc(F)cn23)no1. The molecule has 1 aliphatic carbocycles. The summed E-state index contributed by atoms with van der Waals surface area (Å²) in [6, 6.07) is 10.7. The van der Waals surface area contributed by atoms with Crippen LogP contribution in [0.4, 0.5) is 4.39 Å². The molecular formula is C22H19FN4O3. The van der Waals surface area contributed by atoms with Gasteiger partial charge in [-0.25, -0.2) is 9.37 Å². The molecule has 0 aliphatic heterocycles. The van der Waals surface area contributed by atoms with Gasteiger partial charge in [-0.15, -0.1) is 0 Å². The van der Waals surface area contributed by atoms with E-state index in [1.807, 2.05) is 18.2 Å². The number of nitrogens with zero attached hydrogens (tertiary/aromatic N) is 3. The second-order valence-corrected chi connectivity index (χ2v) is 7.31. The molecule has 0 unspecified atom stereocenters. The molecule has 1 aliphatic rings. The van der Waals surface area contributed by atoms with E-state index in [1.54, 1.807) is 13.2 Å². The van der Waals surface area contributed by atoms with E-state index in [4.69, 9.17) is 9.26 Å². The van der Waals surface area contributed by atoms with Gasteiger partial charge in [-0.2, -0.15) is 0 Å². The lowest BCUT2D eigenvalue weighted by molar-refractivity contribution is 0.0930. The summed E-state index contributed by atoms with van der Waals surface area (Å²) in [6.07, 6.45) is 4.37. The van der Waals surface area contributed by atoms with Crippen LogP contribution in [-0.4, -0.2) is 27.6 Å². The van der Waals surface area contributed by atoms with Crippen LogP contribution >= 0.6 is 0 Å². The fourth-order valence-electron chi connectivity index (χ4n) is 3.94. The number of rotatable bonds is 5. The van der Waals surface area contributed by atoms with Gasteiger partial charge in [-0.05, 0) is 42.2 Å². The second kappa shape index (κ2) is 7.38. The van der Waals surface area contributed by atoms with Crippen molar-refractivity contribution < 1.29 is 18.4 Å². The Morgan fingerprint density at radius 3 is 3.10 bits per heavy atom. The number of benzene rings is 1. The molecule has 1 atom stereocenters. The normalized spacial score (nSPS) is 15.5. The van der Waals surface area contributed by atoms with E-state index in [0.29, 0.717) is 23.7 Å². The summed E-state index contributed by atoms with van der Waals surface area (Å²) in [6.45, 7) is 0.374. The molecule has 5 rings (SSSR count). The minimum Gasteiger partial charge on any atom is -0.377 e. The highest BCUT2D eigenvalue weighted by Crippen LogP contribution is 2.34. The van der Waals surface area contributed by atoms with Crippen LogP contribution in [0.3, 0.4) is 0 Å². The number of hydrogen-bond donors (Lipinski definition) is 1. The van der Waals surface area contributed by atoms with Gasteiger partial charge in [0.1, 0.15) is 29.5 Å². The number of hydrogen-bond acceptors (Lipinski definition) is 5. The first kappa shape index (κ1) is 18.5. The van der Waals surface area contributed by atoms with Crippen LogP contribution in [0.5, 0.6) is 0 Å². The summed E-state index contributed by atoms with van der Waals surface area (Å²) < 4.78 is 25.4. The molecule has 8 heteroatoms. The van der Waals surface area contributed by atoms with Crippen LogP contribution in [0, 0.1) is 5.82 Å². The first-order valence-corrected chi connectivity index (χ1v) is 9.63. The fourth-order valence-corrected chi connectivity index (χ4v) is 3.94. The van der Waals surface area contributed by atoms with E-state index in [-0.39, 0.29) is 11.9 Å². The van der Waals surface area contributed by atoms with Crippen LogP contribution in [0.2, 0.25) is 0 Å². The molecule has 0 radical (unpaired) electrons. The minimum atomic E-state index is -0.421. The van der Waals surface area contributed by atoms with Crippen molar-refractivity contribution in [3.8, 4) is 11.3 Å². The molecule has 0 fully saturated rings. The summed E-state index contributed by atoms with van der Waals surface area (Å²) in [5, 5.41) is 7.16. The highest BCUT2D eigenvalue weighted by Gasteiger charge is 2.26. The number of pyridine rings is 1. The smallest absolute Gasteiger partial charge is 0.270 e. The topological polar surface area (TPSA) is 81.7 Å². The highest BCUT2D eigenvalue weighted by atomic mass is 19.1. The van der Waals surface area contributed by atoms with Crippen molar-refractivity contribution in [2.75, 3.05) is 7.11 Å². The van der Waals surface area contributed by atoms with Crippen LogP contribution < -0.4 is 5.32 Å². The number of fused-ring (bicyclic) bond motifs is 2. The Bertz CT molecular complexity index is 1250. The number of halogens is 1. The third kappa shape index (κ3) is 3.25. The predicted molar refractivity (Wildman–Crippen MR) is 106 cm³/mol. The molecule has 0 spiro atoms. The Morgan fingerprint density at radius 2 is 2.23 bits per heavy atom. The molecule has 0 saturated carbocycles. The van der Waals surface area contributed by atoms with Crippen molar-refractivity contribution in [1.82, 2.24) is 19.9 Å². The number of ether oxygens (including phenoxy) is 1. The van der Waals surface area contributed by atoms with Gasteiger partial charge in [0.15, 0.2) is 5.76 Å².